The van der Waals surface area contributed by atoms with Crippen LogP contribution in [0.4, 0.5) is 11.4 Å². The lowest BCUT2D eigenvalue weighted by Crippen LogP contribution is -2.14. The second-order valence-corrected chi connectivity index (χ2v) is 8.12. The van der Waals surface area contributed by atoms with Crippen molar-refractivity contribution in [3.8, 4) is 11.5 Å². The number of anilines is 2. The molecule has 160 valence electrons. The molecule has 7 nitrogen and oxygen atoms in total. The number of ether oxygens (including phenoxy) is 2. The van der Waals surface area contributed by atoms with Gasteiger partial charge in [-0.25, -0.2) is 8.42 Å². The predicted molar refractivity (Wildman–Crippen MR) is 121 cm³/mol. The first-order valence-electron chi connectivity index (χ1n) is 9.30. The quantitative estimate of drug-likeness (QED) is 0.515. The molecule has 3 aromatic rings. The third kappa shape index (κ3) is 5.86. The van der Waals surface area contributed by atoms with E-state index in [2.05, 4.69) is 10.0 Å². The third-order valence-electron chi connectivity index (χ3n) is 4.28. The van der Waals surface area contributed by atoms with Crippen LogP contribution in [0.1, 0.15) is 5.56 Å². The Balaban J connectivity index is 1.73. The molecule has 0 heterocycles. The molecule has 31 heavy (non-hydrogen) atoms. The number of hydrogen-bond donors (Lipinski definition) is 2. The molecule has 0 unspecified atom stereocenters. The van der Waals surface area contributed by atoms with Crippen LogP contribution in [-0.2, 0) is 14.8 Å². The van der Waals surface area contributed by atoms with E-state index in [0.717, 1.165) is 5.56 Å². The van der Waals surface area contributed by atoms with Crippen molar-refractivity contribution in [2.75, 3.05) is 24.3 Å². The summed E-state index contributed by atoms with van der Waals surface area (Å²) in [5.41, 5.74) is 1.47. The molecule has 0 bridgehead atoms. The smallest absolute Gasteiger partial charge is 0.262 e. The molecule has 3 rings (SSSR count). The van der Waals surface area contributed by atoms with Crippen LogP contribution in [0.3, 0.4) is 0 Å². The molecule has 3 aromatic carbocycles. The van der Waals surface area contributed by atoms with E-state index in [0.29, 0.717) is 22.9 Å². The number of methoxy groups -OCH3 is 2. The molecule has 0 saturated heterocycles. The molecule has 0 aliphatic rings. The van der Waals surface area contributed by atoms with E-state index in [4.69, 9.17) is 9.47 Å². The lowest BCUT2D eigenvalue weighted by molar-refractivity contribution is -0.111. The van der Waals surface area contributed by atoms with Crippen LogP contribution < -0.4 is 19.5 Å². The van der Waals surface area contributed by atoms with Gasteiger partial charge in [-0.3, -0.25) is 9.52 Å². The van der Waals surface area contributed by atoms with Crippen LogP contribution in [0.5, 0.6) is 11.5 Å². The highest BCUT2D eigenvalue weighted by Crippen LogP contribution is 2.26. The Hall–Kier alpha value is -3.78. The predicted octanol–water partition coefficient (Wildman–Crippen LogP) is 4.16. The first-order chi connectivity index (χ1) is 14.9. The summed E-state index contributed by atoms with van der Waals surface area (Å²) in [7, 11) is -0.851. The second-order valence-electron chi connectivity index (χ2n) is 6.43. The van der Waals surface area contributed by atoms with E-state index < -0.39 is 15.9 Å². The molecule has 0 aromatic heterocycles. The average Bonchev–Trinajstić information content (AvgIpc) is 2.78. The number of amides is 1. The molecule has 0 atom stereocenters. The van der Waals surface area contributed by atoms with Crippen LogP contribution in [0.15, 0.2) is 83.8 Å². The van der Waals surface area contributed by atoms with E-state index in [1.165, 1.54) is 25.3 Å². The fourth-order valence-electron chi connectivity index (χ4n) is 2.77. The number of sulfonamides is 1. The SMILES string of the molecule is COc1cccc(/C=C/C(=O)Nc2cccc(S(=O)(=O)Nc3ccccc3OC)c2)c1. The zero-order valence-corrected chi connectivity index (χ0v) is 17.8. The van der Waals surface area contributed by atoms with Crippen molar-refractivity contribution in [1.29, 1.82) is 0 Å². The molecule has 8 heteroatoms. The Labute approximate surface area is 181 Å². The second kappa shape index (κ2) is 9.82. The summed E-state index contributed by atoms with van der Waals surface area (Å²) in [5, 5.41) is 2.67. The van der Waals surface area contributed by atoms with Crippen LogP contribution >= 0.6 is 0 Å². The zero-order chi connectivity index (χ0) is 22.3. The number of para-hydroxylation sites is 2. The van der Waals surface area contributed by atoms with E-state index in [9.17, 15) is 13.2 Å². The highest BCUT2D eigenvalue weighted by molar-refractivity contribution is 7.92. The Morgan fingerprint density at radius 1 is 0.903 bits per heavy atom. The maximum Gasteiger partial charge on any atom is 0.262 e. The standard InChI is InChI=1S/C23H22N2O5S/c1-29-19-9-5-7-17(15-19)13-14-23(26)24-18-8-6-10-20(16-18)31(27,28)25-21-11-3-4-12-22(21)30-2/h3-16,25H,1-2H3,(H,24,26)/b14-13+. The zero-order valence-electron chi connectivity index (χ0n) is 17.0. The molecule has 0 aliphatic carbocycles. The summed E-state index contributed by atoms with van der Waals surface area (Å²) < 4.78 is 38.4. The van der Waals surface area contributed by atoms with Crippen LogP contribution in [0.2, 0.25) is 0 Å². The summed E-state index contributed by atoms with van der Waals surface area (Å²) >= 11 is 0. The number of nitrogens with one attached hydrogen (secondary N) is 2. The van der Waals surface area contributed by atoms with Crippen LogP contribution in [0, 0.1) is 0 Å². The van der Waals surface area contributed by atoms with Crippen molar-refractivity contribution in [3.63, 3.8) is 0 Å². The number of hydrogen-bond acceptors (Lipinski definition) is 5. The van der Waals surface area contributed by atoms with E-state index in [1.54, 1.807) is 55.7 Å². The minimum Gasteiger partial charge on any atom is -0.497 e. The lowest BCUT2D eigenvalue weighted by Gasteiger charge is -2.12. The van der Waals surface area contributed by atoms with Crippen molar-refractivity contribution < 1.29 is 22.7 Å². The van der Waals surface area contributed by atoms with Crippen LogP contribution in [-0.4, -0.2) is 28.5 Å². The van der Waals surface area contributed by atoms with Gasteiger partial charge in [0.25, 0.3) is 10.0 Å². The summed E-state index contributed by atoms with van der Waals surface area (Å²) in [4.78, 5) is 12.3. The van der Waals surface area contributed by atoms with Gasteiger partial charge in [0.2, 0.25) is 5.91 Å². The van der Waals surface area contributed by atoms with Crippen LogP contribution in [0.25, 0.3) is 6.08 Å². The van der Waals surface area contributed by atoms with Gasteiger partial charge in [0.05, 0.1) is 24.8 Å². The highest BCUT2D eigenvalue weighted by Gasteiger charge is 2.17. The van der Waals surface area contributed by atoms with Crippen molar-refractivity contribution in [2.45, 2.75) is 4.90 Å². The normalized spacial score (nSPS) is 11.2. The number of carbonyl (C=O) groups excluding carboxylic acids is 1. The highest BCUT2D eigenvalue weighted by atomic mass is 32.2. The van der Waals surface area contributed by atoms with Crippen molar-refractivity contribution in [2.24, 2.45) is 0 Å². The maximum absolute atomic E-state index is 12.8. The number of carbonyl (C=O) groups is 1. The van der Waals surface area contributed by atoms with Gasteiger partial charge in [-0.2, -0.15) is 0 Å². The molecule has 0 aliphatic heterocycles. The third-order valence-corrected chi connectivity index (χ3v) is 5.65. The van der Waals surface area contributed by atoms with Gasteiger partial charge in [-0.15, -0.1) is 0 Å². The maximum atomic E-state index is 12.8. The van der Waals surface area contributed by atoms with E-state index >= 15 is 0 Å². The van der Waals surface area contributed by atoms with Gasteiger partial charge in [0.1, 0.15) is 11.5 Å². The minimum atomic E-state index is -3.88. The minimum absolute atomic E-state index is 0.00739. The molecule has 2 N–H and O–H groups in total. The van der Waals surface area contributed by atoms with Crippen molar-refractivity contribution >= 4 is 33.4 Å². The molecular weight excluding hydrogens is 416 g/mol. The van der Waals surface area contributed by atoms with Gasteiger partial charge >= 0.3 is 0 Å². The van der Waals surface area contributed by atoms with Gasteiger partial charge in [0, 0.05) is 11.8 Å². The average molecular weight is 439 g/mol. The Bertz CT molecular complexity index is 1210. The van der Waals surface area contributed by atoms with E-state index in [-0.39, 0.29) is 4.90 Å². The fourth-order valence-corrected chi connectivity index (χ4v) is 3.89. The molecule has 0 spiro atoms. The molecular formula is C23H22N2O5S. The molecule has 0 fully saturated rings. The summed E-state index contributed by atoms with van der Waals surface area (Å²) in [6.07, 6.45) is 3.00. The van der Waals surface area contributed by atoms with Crippen molar-refractivity contribution in [3.05, 3.63) is 84.4 Å². The monoisotopic (exact) mass is 438 g/mol. The largest absolute Gasteiger partial charge is 0.497 e. The summed E-state index contributed by atoms with van der Waals surface area (Å²) in [6, 6.07) is 19.9. The van der Waals surface area contributed by atoms with E-state index in [1.807, 2.05) is 18.2 Å². The first kappa shape index (κ1) is 21.9. The topological polar surface area (TPSA) is 93.7 Å². The van der Waals surface area contributed by atoms with Gasteiger partial charge in [-0.05, 0) is 54.1 Å². The number of rotatable bonds is 8. The Kier molecular flexibility index (Phi) is 6.94. The Morgan fingerprint density at radius 2 is 1.68 bits per heavy atom. The van der Waals surface area contributed by atoms with Gasteiger partial charge < -0.3 is 14.8 Å². The molecule has 1 amide bonds. The Morgan fingerprint density at radius 3 is 2.45 bits per heavy atom. The molecule has 0 radical (unpaired) electrons. The molecule has 0 saturated carbocycles. The van der Waals surface area contributed by atoms with Crippen molar-refractivity contribution in [1.82, 2.24) is 0 Å². The lowest BCUT2D eigenvalue weighted by atomic mass is 10.2. The summed E-state index contributed by atoms with van der Waals surface area (Å²) in [6.45, 7) is 0. The number of benzene rings is 3. The first-order valence-corrected chi connectivity index (χ1v) is 10.8. The fraction of sp³-hybridized carbons (Fsp3) is 0.0870. The summed E-state index contributed by atoms with van der Waals surface area (Å²) in [5.74, 6) is 0.691. The van der Waals surface area contributed by atoms with Gasteiger partial charge in [-0.1, -0.05) is 30.3 Å². The van der Waals surface area contributed by atoms with Gasteiger partial charge in [0.15, 0.2) is 0 Å².